The molecule has 1 aliphatic rings. The second-order valence-electron chi connectivity index (χ2n) is 4.08. The molecule has 0 saturated carbocycles. The normalized spacial score (nSPS) is 15.2. The average molecular weight is 242 g/mol. The molecule has 0 saturated heterocycles. The number of nitrogens with two attached hydrogens (primary N) is 1. The largest absolute Gasteiger partial charge is 0.454 e. The van der Waals surface area contributed by atoms with Crippen molar-refractivity contribution in [3.8, 4) is 11.5 Å². The Morgan fingerprint density at radius 1 is 1.44 bits per heavy atom. The summed E-state index contributed by atoms with van der Waals surface area (Å²) in [5.74, 6) is 1.58. The van der Waals surface area contributed by atoms with Crippen LogP contribution in [0.3, 0.4) is 0 Å². The van der Waals surface area contributed by atoms with Crippen LogP contribution in [0.5, 0.6) is 11.5 Å². The van der Waals surface area contributed by atoms with Crippen LogP contribution in [0.4, 0.5) is 0 Å². The van der Waals surface area contributed by atoms with E-state index in [-0.39, 0.29) is 12.8 Å². The molecule has 0 fully saturated rings. The monoisotopic (exact) mass is 241 g/mol. The van der Waals surface area contributed by atoms with Crippen molar-refractivity contribution in [1.29, 1.82) is 0 Å². The standard InChI is InChI=1S/C12H16ClNO2/c1-3-8-9(4-7(2)14)10(13)5-11-12(8)16-6-15-11/h5,7H,3-4,6,14H2,1-2H3. The minimum atomic E-state index is 0.0863. The molecule has 4 heteroatoms. The molecule has 1 heterocycles. The molecule has 0 aliphatic carbocycles. The van der Waals surface area contributed by atoms with Crippen LogP contribution in [-0.2, 0) is 12.8 Å². The first-order valence-corrected chi connectivity index (χ1v) is 5.86. The molecule has 2 rings (SSSR count). The van der Waals surface area contributed by atoms with Crippen LogP contribution in [0.25, 0.3) is 0 Å². The number of fused-ring (bicyclic) bond motifs is 1. The van der Waals surface area contributed by atoms with Gasteiger partial charge in [-0.05, 0) is 25.3 Å². The highest BCUT2D eigenvalue weighted by Crippen LogP contribution is 2.41. The van der Waals surface area contributed by atoms with Gasteiger partial charge in [-0.2, -0.15) is 0 Å². The summed E-state index contributed by atoms with van der Waals surface area (Å²) in [6.45, 7) is 4.33. The summed E-state index contributed by atoms with van der Waals surface area (Å²) in [4.78, 5) is 0. The molecule has 3 nitrogen and oxygen atoms in total. The summed E-state index contributed by atoms with van der Waals surface area (Å²) in [6.07, 6.45) is 1.63. The zero-order chi connectivity index (χ0) is 11.7. The van der Waals surface area contributed by atoms with Gasteiger partial charge in [0.05, 0.1) is 0 Å². The van der Waals surface area contributed by atoms with E-state index in [0.29, 0.717) is 0 Å². The van der Waals surface area contributed by atoms with E-state index in [1.54, 1.807) is 0 Å². The van der Waals surface area contributed by atoms with E-state index >= 15 is 0 Å². The molecule has 0 bridgehead atoms. The lowest BCUT2D eigenvalue weighted by Gasteiger charge is -2.14. The van der Waals surface area contributed by atoms with E-state index in [1.165, 1.54) is 0 Å². The van der Waals surface area contributed by atoms with Crippen molar-refractivity contribution in [3.05, 3.63) is 22.2 Å². The smallest absolute Gasteiger partial charge is 0.231 e. The first-order chi connectivity index (χ1) is 7.63. The van der Waals surface area contributed by atoms with Gasteiger partial charge >= 0.3 is 0 Å². The molecule has 1 aliphatic heterocycles. The fourth-order valence-electron chi connectivity index (χ4n) is 2.03. The van der Waals surface area contributed by atoms with E-state index in [0.717, 1.165) is 40.5 Å². The highest BCUT2D eigenvalue weighted by molar-refractivity contribution is 6.31. The Balaban J connectivity index is 2.50. The van der Waals surface area contributed by atoms with Gasteiger partial charge in [-0.1, -0.05) is 18.5 Å². The fourth-order valence-corrected chi connectivity index (χ4v) is 2.32. The summed E-state index contributed by atoms with van der Waals surface area (Å²) < 4.78 is 10.8. The second kappa shape index (κ2) is 4.52. The summed E-state index contributed by atoms with van der Waals surface area (Å²) in [5.41, 5.74) is 8.04. The van der Waals surface area contributed by atoms with Crippen LogP contribution < -0.4 is 15.2 Å². The first-order valence-electron chi connectivity index (χ1n) is 5.49. The maximum Gasteiger partial charge on any atom is 0.231 e. The molecule has 0 radical (unpaired) electrons. The second-order valence-corrected chi connectivity index (χ2v) is 4.49. The Hall–Kier alpha value is -0.930. The van der Waals surface area contributed by atoms with Gasteiger partial charge < -0.3 is 15.2 Å². The van der Waals surface area contributed by atoms with Crippen LogP contribution in [0.1, 0.15) is 25.0 Å². The molecular formula is C12H16ClNO2. The van der Waals surface area contributed by atoms with Crippen LogP contribution >= 0.6 is 11.6 Å². The van der Waals surface area contributed by atoms with Crippen molar-refractivity contribution in [2.24, 2.45) is 5.73 Å². The predicted molar refractivity (Wildman–Crippen MR) is 64.3 cm³/mol. The average Bonchev–Trinajstić information content (AvgIpc) is 2.65. The van der Waals surface area contributed by atoms with Gasteiger partial charge in [0.2, 0.25) is 6.79 Å². The van der Waals surface area contributed by atoms with Gasteiger partial charge in [0.1, 0.15) is 0 Å². The number of hydrogen-bond acceptors (Lipinski definition) is 3. The topological polar surface area (TPSA) is 44.5 Å². The van der Waals surface area contributed by atoms with Gasteiger partial charge in [0.15, 0.2) is 11.5 Å². The van der Waals surface area contributed by atoms with Crippen LogP contribution in [0.15, 0.2) is 6.07 Å². The van der Waals surface area contributed by atoms with Gasteiger partial charge in [0.25, 0.3) is 0 Å². The van der Waals surface area contributed by atoms with Crippen LogP contribution in [-0.4, -0.2) is 12.8 Å². The van der Waals surface area contributed by atoms with E-state index in [1.807, 2.05) is 13.0 Å². The van der Waals surface area contributed by atoms with Crippen molar-refractivity contribution < 1.29 is 9.47 Å². The lowest BCUT2D eigenvalue weighted by atomic mass is 9.98. The first kappa shape index (κ1) is 11.6. The van der Waals surface area contributed by atoms with Gasteiger partial charge in [-0.25, -0.2) is 0 Å². The number of halogens is 1. The predicted octanol–water partition coefficient (Wildman–Crippen LogP) is 2.52. The molecule has 1 atom stereocenters. The lowest BCUT2D eigenvalue weighted by Crippen LogP contribution is -2.19. The van der Waals surface area contributed by atoms with Crippen molar-refractivity contribution in [3.63, 3.8) is 0 Å². The minimum Gasteiger partial charge on any atom is -0.454 e. The molecule has 16 heavy (non-hydrogen) atoms. The Morgan fingerprint density at radius 2 is 2.19 bits per heavy atom. The van der Waals surface area contributed by atoms with Crippen molar-refractivity contribution in [2.45, 2.75) is 32.7 Å². The van der Waals surface area contributed by atoms with Crippen LogP contribution in [0, 0.1) is 0 Å². The highest BCUT2D eigenvalue weighted by Gasteiger charge is 2.22. The molecular weight excluding hydrogens is 226 g/mol. The molecule has 1 aromatic carbocycles. The van der Waals surface area contributed by atoms with E-state index < -0.39 is 0 Å². The molecule has 1 unspecified atom stereocenters. The third-order valence-electron chi connectivity index (χ3n) is 2.71. The SMILES string of the molecule is CCc1c(CC(C)N)c(Cl)cc2c1OCO2. The van der Waals surface area contributed by atoms with Crippen molar-refractivity contribution >= 4 is 11.6 Å². The maximum absolute atomic E-state index is 6.24. The van der Waals surface area contributed by atoms with Gasteiger partial charge in [0, 0.05) is 22.7 Å². The number of benzene rings is 1. The Bertz CT molecular complexity index is 404. The number of rotatable bonds is 3. The molecule has 88 valence electrons. The zero-order valence-electron chi connectivity index (χ0n) is 9.55. The van der Waals surface area contributed by atoms with Crippen molar-refractivity contribution in [1.82, 2.24) is 0 Å². The minimum absolute atomic E-state index is 0.0863. The Morgan fingerprint density at radius 3 is 2.81 bits per heavy atom. The van der Waals surface area contributed by atoms with E-state index in [2.05, 4.69) is 6.92 Å². The fraction of sp³-hybridized carbons (Fsp3) is 0.500. The summed E-state index contributed by atoms with van der Waals surface area (Å²) in [7, 11) is 0. The highest BCUT2D eigenvalue weighted by atomic mass is 35.5. The molecule has 0 amide bonds. The Labute approximate surface area is 100 Å². The van der Waals surface area contributed by atoms with Crippen LogP contribution in [0.2, 0.25) is 5.02 Å². The molecule has 0 aromatic heterocycles. The third-order valence-corrected chi connectivity index (χ3v) is 3.04. The molecule has 2 N–H and O–H groups in total. The summed E-state index contributed by atoms with van der Waals surface area (Å²) >= 11 is 6.24. The number of ether oxygens (including phenoxy) is 2. The van der Waals surface area contributed by atoms with Gasteiger partial charge in [-0.3, -0.25) is 0 Å². The molecule has 0 spiro atoms. The van der Waals surface area contributed by atoms with E-state index in [9.17, 15) is 0 Å². The molecule has 1 aromatic rings. The number of hydrogen-bond donors (Lipinski definition) is 1. The zero-order valence-corrected chi connectivity index (χ0v) is 10.3. The Kier molecular flexibility index (Phi) is 3.26. The quantitative estimate of drug-likeness (QED) is 0.885. The van der Waals surface area contributed by atoms with Crippen molar-refractivity contribution in [2.75, 3.05) is 6.79 Å². The van der Waals surface area contributed by atoms with E-state index in [4.69, 9.17) is 26.8 Å². The lowest BCUT2D eigenvalue weighted by molar-refractivity contribution is 0.173. The summed E-state index contributed by atoms with van der Waals surface area (Å²) in [6, 6.07) is 1.91. The van der Waals surface area contributed by atoms with Gasteiger partial charge in [-0.15, -0.1) is 0 Å². The third kappa shape index (κ3) is 1.97. The maximum atomic E-state index is 6.24. The summed E-state index contributed by atoms with van der Waals surface area (Å²) in [5, 5.41) is 0.721.